The number of piperidine rings is 1. The molecule has 2 aliphatic heterocycles. The zero-order valence-electron chi connectivity index (χ0n) is 18.9. The highest BCUT2D eigenvalue weighted by Gasteiger charge is 2.28. The quantitative estimate of drug-likeness (QED) is 0.726. The van der Waals surface area contributed by atoms with Crippen LogP contribution < -0.4 is 10.2 Å². The number of hydrogen-bond acceptors (Lipinski definition) is 5. The average Bonchev–Trinajstić information content (AvgIpc) is 3.33. The van der Waals surface area contributed by atoms with Gasteiger partial charge in [0.1, 0.15) is 0 Å². The molecule has 2 heterocycles. The lowest BCUT2D eigenvalue weighted by Crippen LogP contribution is -2.38. The number of fused-ring (bicyclic) bond motifs is 1. The van der Waals surface area contributed by atoms with Gasteiger partial charge in [-0.25, -0.2) is 8.42 Å². The minimum Gasteiger partial charge on any atom is -0.378 e. The molecule has 0 spiro atoms. The summed E-state index contributed by atoms with van der Waals surface area (Å²) in [7, 11) is -3.64. The van der Waals surface area contributed by atoms with Crippen LogP contribution in [0.15, 0.2) is 41.3 Å². The Morgan fingerprint density at radius 2 is 1.61 bits per heavy atom. The lowest BCUT2D eigenvalue weighted by atomic mass is 10.1. The minimum absolute atomic E-state index is 0.181. The topological polar surface area (TPSA) is 79.0 Å². The molecule has 1 amide bonds. The molecule has 2 aromatic rings. The monoisotopic (exact) mass is 469 g/mol. The number of anilines is 2. The number of nitrogens with zero attached hydrogens (tertiary/aromatic N) is 2. The largest absolute Gasteiger partial charge is 0.378 e. The van der Waals surface area contributed by atoms with Gasteiger partial charge in [0.25, 0.3) is 5.91 Å². The van der Waals surface area contributed by atoms with Crippen LogP contribution >= 0.6 is 0 Å². The smallest absolute Gasteiger partial charge is 0.257 e. The van der Waals surface area contributed by atoms with Gasteiger partial charge in [-0.1, -0.05) is 12.5 Å². The summed E-state index contributed by atoms with van der Waals surface area (Å²) in [5, 5.41) is 3.02. The van der Waals surface area contributed by atoms with E-state index in [0.29, 0.717) is 45.0 Å². The minimum atomic E-state index is -3.64. The average molecular weight is 470 g/mol. The normalized spacial score (nSPS) is 19.3. The van der Waals surface area contributed by atoms with Crippen LogP contribution in [0.5, 0.6) is 0 Å². The molecule has 8 heteroatoms. The fourth-order valence-electron chi connectivity index (χ4n) is 5.04. The number of carbonyl (C=O) groups is 1. The third-order valence-electron chi connectivity index (χ3n) is 6.87. The van der Waals surface area contributed by atoms with Crippen molar-refractivity contribution < 1.29 is 17.9 Å². The lowest BCUT2D eigenvalue weighted by Gasteiger charge is -2.31. The zero-order chi connectivity index (χ0) is 22.8. The summed E-state index contributed by atoms with van der Waals surface area (Å²) in [5.74, 6) is -0.287. The first-order chi connectivity index (χ1) is 16.0. The number of ether oxygens (including phenoxy) is 1. The Bertz CT molecular complexity index is 1140. The number of hydrogen-bond donors (Lipinski definition) is 1. The fraction of sp³-hybridized carbons (Fsp3) is 0.480. The first-order valence-corrected chi connectivity index (χ1v) is 13.4. The number of aryl methyl sites for hydroxylation is 2. The molecule has 1 aliphatic carbocycles. The van der Waals surface area contributed by atoms with Gasteiger partial charge < -0.3 is 15.0 Å². The molecule has 1 N–H and O–H groups in total. The van der Waals surface area contributed by atoms with E-state index >= 15 is 0 Å². The first kappa shape index (κ1) is 22.4. The molecule has 0 unspecified atom stereocenters. The van der Waals surface area contributed by atoms with Gasteiger partial charge >= 0.3 is 0 Å². The van der Waals surface area contributed by atoms with Crippen LogP contribution in [-0.4, -0.2) is 58.0 Å². The Morgan fingerprint density at radius 1 is 0.848 bits per heavy atom. The molecule has 176 valence electrons. The van der Waals surface area contributed by atoms with Crippen molar-refractivity contribution in [2.45, 2.75) is 43.4 Å². The van der Waals surface area contributed by atoms with E-state index in [1.807, 2.05) is 12.1 Å². The van der Waals surface area contributed by atoms with Gasteiger partial charge in [-0.05, 0) is 73.6 Å². The molecule has 0 bridgehead atoms. The molecule has 2 saturated heterocycles. The number of morpholine rings is 1. The highest BCUT2D eigenvalue weighted by Crippen LogP contribution is 2.30. The number of nitrogens with one attached hydrogen (secondary N) is 1. The summed E-state index contributed by atoms with van der Waals surface area (Å²) < 4.78 is 33.6. The van der Waals surface area contributed by atoms with E-state index in [9.17, 15) is 13.2 Å². The van der Waals surface area contributed by atoms with E-state index in [-0.39, 0.29) is 10.8 Å². The molecule has 2 aromatic carbocycles. The SMILES string of the molecule is O=C(Nc1ccc2c(c1)CCC2)c1cc(S(=O)(=O)N2CCCCC2)ccc1N1CCOCC1. The summed E-state index contributed by atoms with van der Waals surface area (Å²) in [6, 6.07) is 11.0. The molecular formula is C25H31N3O4S. The van der Waals surface area contributed by atoms with E-state index in [2.05, 4.69) is 16.3 Å². The Balaban J connectivity index is 1.48. The third kappa shape index (κ3) is 4.65. The van der Waals surface area contributed by atoms with Crippen LogP contribution in [0.4, 0.5) is 11.4 Å². The predicted octanol–water partition coefficient (Wildman–Crippen LogP) is 3.44. The van der Waals surface area contributed by atoms with Crippen molar-refractivity contribution in [3.63, 3.8) is 0 Å². The number of carbonyl (C=O) groups excluding carboxylic acids is 1. The highest BCUT2D eigenvalue weighted by atomic mass is 32.2. The van der Waals surface area contributed by atoms with Gasteiger partial charge in [0.2, 0.25) is 10.0 Å². The van der Waals surface area contributed by atoms with E-state index in [0.717, 1.165) is 49.9 Å². The van der Waals surface area contributed by atoms with Crippen LogP contribution in [0.1, 0.15) is 47.2 Å². The summed E-state index contributed by atoms with van der Waals surface area (Å²) in [6.45, 7) is 3.56. The zero-order valence-corrected chi connectivity index (χ0v) is 19.7. The van der Waals surface area contributed by atoms with Crippen LogP contribution in [0.3, 0.4) is 0 Å². The van der Waals surface area contributed by atoms with Crippen molar-refractivity contribution in [1.82, 2.24) is 4.31 Å². The first-order valence-electron chi connectivity index (χ1n) is 11.9. The van der Waals surface area contributed by atoms with Crippen molar-refractivity contribution in [1.29, 1.82) is 0 Å². The van der Waals surface area contributed by atoms with Crippen LogP contribution in [0.25, 0.3) is 0 Å². The van der Waals surface area contributed by atoms with E-state index in [1.54, 1.807) is 22.5 Å². The summed E-state index contributed by atoms with van der Waals surface area (Å²) in [5.41, 5.74) is 4.50. The molecule has 0 radical (unpaired) electrons. The second-order valence-electron chi connectivity index (χ2n) is 9.03. The van der Waals surface area contributed by atoms with E-state index < -0.39 is 10.0 Å². The summed E-state index contributed by atoms with van der Waals surface area (Å²) >= 11 is 0. The third-order valence-corrected chi connectivity index (χ3v) is 8.77. The molecule has 2 fully saturated rings. The van der Waals surface area contributed by atoms with Crippen molar-refractivity contribution in [2.24, 2.45) is 0 Å². The maximum atomic E-state index is 13.5. The number of amides is 1. The van der Waals surface area contributed by atoms with Crippen LogP contribution in [-0.2, 0) is 27.6 Å². The molecule has 5 rings (SSSR count). The second-order valence-corrected chi connectivity index (χ2v) is 11.0. The fourth-order valence-corrected chi connectivity index (χ4v) is 6.58. The number of benzene rings is 2. The second kappa shape index (κ2) is 9.44. The molecule has 33 heavy (non-hydrogen) atoms. The molecule has 0 saturated carbocycles. The van der Waals surface area contributed by atoms with Crippen molar-refractivity contribution in [3.05, 3.63) is 53.1 Å². The molecule has 7 nitrogen and oxygen atoms in total. The van der Waals surface area contributed by atoms with Gasteiger partial charge in [0.05, 0.1) is 23.7 Å². The Kier molecular flexibility index (Phi) is 6.40. The Labute approximate surface area is 195 Å². The van der Waals surface area contributed by atoms with Gasteiger partial charge in [-0.2, -0.15) is 4.31 Å². The van der Waals surface area contributed by atoms with E-state index in [1.165, 1.54) is 11.1 Å². The van der Waals surface area contributed by atoms with Gasteiger partial charge in [0, 0.05) is 37.6 Å². The van der Waals surface area contributed by atoms with Crippen molar-refractivity contribution in [3.8, 4) is 0 Å². The predicted molar refractivity (Wildman–Crippen MR) is 129 cm³/mol. The molecule has 0 atom stereocenters. The van der Waals surface area contributed by atoms with Crippen molar-refractivity contribution >= 4 is 27.3 Å². The van der Waals surface area contributed by atoms with Crippen molar-refractivity contribution in [2.75, 3.05) is 49.6 Å². The summed E-state index contributed by atoms with van der Waals surface area (Å²) in [4.78, 5) is 15.7. The van der Waals surface area contributed by atoms with Gasteiger partial charge in [-0.3, -0.25) is 4.79 Å². The van der Waals surface area contributed by atoms with Gasteiger partial charge in [-0.15, -0.1) is 0 Å². The maximum Gasteiger partial charge on any atom is 0.257 e. The Hall–Kier alpha value is -2.42. The lowest BCUT2D eigenvalue weighted by molar-refractivity contribution is 0.102. The number of rotatable bonds is 5. The standard InChI is InChI=1S/C25H31N3O4S/c29-25(26-21-8-7-19-5-4-6-20(19)17-21)23-18-22(33(30,31)28-11-2-1-3-12-28)9-10-24(23)27-13-15-32-16-14-27/h7-10,17-18H,1-6,11-16H2,(H,26,29). The van der Waals surface area contributed by atoms with E-state index in [4.69, 9.17) is 4.74 Å². The van der Waals surface area contributed by atoms with Crippen LogP contribution in [0.2, 0.25) is 0 Å². The maximum absolute atomic E-state index is 13.5. The summed E-state index contributed by atoms with van der Waals surface area (Å²) in [6.07, 6.45) is 6.05. The van der Waals surface area contributed by atoms with Crippen LogP contribution in [0, 0.1) is 0 Å². The molecule has 3 aliphatic rings. The highest BCUT2D eigenvalue weighted by molar-refractivity contribution is 7.89. The molecular weight excluding hydrogens is 438 g/mol. The van der Waals surface area contributed by atoms with Gasteiger partial charge in [0.15, 0.2) is 0 Å². The molecule has 0 aromatic heterocycles. The Morgan fingerprint density at radius 3 is 2.39 bits per heavy atom. The number of sulfonamides is 1.